The number of anilines is 1. The highest BCUT2D eigenvalue weighted by Crippen LogP contribution is 2.11. The summed E-state index contributed by atoms with van der Waals surface area (Å²) in [5, 5.41) is 6.53. The second kappa shape index (κ2) is 8.01. The van der Waals surface area contributed by atoms with Crippen LogP contribution in [0.1, 0.15) is 29.8 Å². The van der Waals surface area contributed by atoms with Crippen LogP contribution in [0.25, 0.3) is 0 Å². The average Bonchev–Trinajstić information content (AvgIpc) is 2.55. The van der Waals surface area contributed by atoms with Gasteiger partial charge in [0.05, 0.1) is 6.21 Å². The molecule has 0 aliphatic rings. The lowest BCUT2D eigenvalue weighted by atomic mass is 10.1. The molecule has 0 aliphatic heterocycles. The maximum atomic E-state index is 13.0. The Labute approximate surface area is 139 Å². The molecule has 0 fully saturated rings. The van der Waals surface area contributed by atoms with Gasteiger partial charge in [0, 0.05) is 17.2 Å². The Kier molecular flexibility index (Phi) is 5.78. The van der Waals surface area contributed by atoms with Gasteiger partial charge in [0.2, 0.25) is 5.91 Å². The van der Waals surface area contributed by atoms with Crippen LogP contribution in [0.3, 0.4) is 0 Å². The topological polar surface area (TPSA) is 70.6 Å². The number of nitrogens with one attached hydrogen (secondary N) is 2. The molecule has 0 unspecified atom stereocenters. The van der Waals surface area contributed by atoms with Crippen LogP contribution in [0.2, 0.25) is 0 Å². The predicted molar refractivity (Wildman–Crippen MR) is 91.4 cm³/mol. The van der Waals surface area contributed by atoms with Crippen LogP contribution >= 0.6 is 0 Å². The van der Waals surface area contributed by atoms with E-state index in [1.165, 1.54) is 18.3 Å². The molecule has 0 saturated carbocycles. The highest BCUT2D eigenvalue weighted by molar-refractivity contribution is 5.96. The van der Waals surface area contributed by atoms with Crippen molar-refractivity contribution in [2.45, 2.75) is 13.8 Å². The van der Waals surface area contributed by atoms with Gasteiger partial charge in [0.25, 0.3) is 5.91 Å². The van der Waals surface area contributed by atoms with Crippen LogP contribution in [0, 0.1) is 11.7 Å². The van der Waals surface area contributed by atoms with Crippen LogP contribution in [0.4, 0.5) is 10.1 Å². The van der Waals surface area contributed by atoms with E-state index >= 15 is 0 Å². The summed E-state index contributed by atoms with van der Waals surface area (Å²) in [4.78, 5) is 23.6. The normalized spacial score (nSPS) is 10.8. The molecule has 5 nitrogen and oxygen atoms in total. The smallest absolute Gasteiger partial charge is 0.271 e. The molecule has 2 aromatic rings. The van der Waals surface area contributed by atoms with Crippen LogP contribution < -0.4 is 10.7 Å². The summed E-state index contributed by atoms with van der Waals surface area (Å²) in [6.45, 7) is 3.60. The van der Waals surface area contributed by atoms with Crippen LogP contribution in [-0.4, -0.2) is 18.0 Å². The Hall–Kier alpha value is -3.02. The number of amides is 2. The molecule has 2 rings (SSSR count). The predicted octanol–water partition coefficient (Wildman–Crippen LogP) is 3.18. The molecule has 0 spiro atoms. The molecule has 2 amide bonds. The highest BCUT2D eigenvalue weighted by atomic mass is 19.1. The van der Waals surface area contributed by atoms with Crippen LogP contribution in [0.5, 0.6) is 0 Å². The van der Waals surface area contributed by atoms with E-state index in [2.05, 4.69) is 15.8 Å². The Morgan fingerprint density at radius 3 is 2.46 bits per heavy atom. The van der Waals surface area contributed by atoms with Crippen molar-refractivity contribution in [1.29, 1.82) is 0 Å². The molecule has 124 valence electrons. The third kappa shape index (κ3) is 5.01. The molecule has 0 saturated heterocycles. The Balaban J connectivity index is 1.94. The first-order valence-electron chi connectivity index (χ1n) is 7.45. The van der Waals surface area contributed by atoms with Gasteiger partial charge in [0.15, 0.2) is 0 Å². The number of hydrogen-bond acceptors (Lipinski definition) is 3. The Morgan fingerprint density at radius 1 is 1.12 bits per heavy atom. The van der Waals surface area contributed by atoms with Gasteiger partial charge in [-0.15, -0.1) is 0 Å². The van der Waals surface area contributed by atoms with E-state index in [0.29, 0.717) is 16.8 Å². The minimum Gasteiger partial charge on any atom is -0.326 e. The summed E-state index contributed by atoms with van der Waals surface area (Å²) < 4.78 is 13.0. The molecule has 2 N–H and O–H groups in total. The quantitative estimate of drug-likeness (QED) is 0.654. The minimum absolute atomic E-state index is 0.0908. The first kappa shape index (κ1) is 17.3. The molecule has 0 radical (unpaired) electrons. The zero-order chi connectivity index (χ0) is 17.5. The van der Waals surface area contributed by atoms with Crippen molar-refractivity contribution in [3.8, 4) is 0 Å². The van der Waals surface area contributed by atoms with Gasteiger partial charge in [-0.3, -0.25) is 9.59 Å². The highest BCUT2D eigenvalue weighted by Gasteiger charge is 2.08. The van der Waals surface area contributed by atoms with Gasteiger partial charge in [0.1, 0.15) is 5.82 Å². The number of nitrogens with zero attached hydrogens (tertiary/aromatic N) is 1. The third-order valence-corrected chi connectivity index (χ3v) is 3.17. The summed E-state index contributed by atoms with van der Waals surface area (Å²) in [7, 11) is 0. The summed E-state index contributed by atoms with van der Waals surface area (Å²) >= 11 is 0. The van der Waals surface area contributed by atoms with E-state index < -0.39 is 5.91 Å². The fourth-order valence-electron chi connectivity index (χ4n) is 1.81. The van der Waals surface area contributed by atoms with Crippen LogP contribution in [0.15, 0.2) is 53.6 Å². The van der Waals surface area contributed by atoms with E-state index in [1.807, 2.05) is 0 Å². The summed E-state index contributed by atoms with van der Waals surface area (Å²) in [6.07, 6.45) is 1.36. The van der Waals surface area contributed by atoms with Gasteiger partial charge in [-0.05, 0) is 42.0 Å². The fraction of sp³-hybridized carbons (Fsp3) is 0.167. The first-order chi connectivity index (χ1) is 11.5. The largest absolute Gasteiger partial charge is 0.326 e. The SMILES string of the molecule is CC(C)C(=O)Nc1ccc(C(=O)N/N=C/c2cccc(F)c2)cc1. The maximum Gasteiger partial charge on any atom is 0.271 e. The molecule has 2 aromatic carbocycles. The van der Waals surface area contributed by atoms with Gasteiger partial charge >= 0.3 is 0 Å². The molecule has 0 atom stereocenters. The summed E-state index contributed by atoms with van der Waals surface area (Å²) in [6, 6.07) is 12.3. The van der Waals surface area contributed by atoms with Crippen molar-refractivity contribution < 1.29 is 14.0 Å². The van der Waals surface area contributed by atoms with Crippen LogP contribution in [-0.2, 0) is 4.79 Å². The molecule has 24 heavy (non-hydrogen) atoms. The monoisotopic (exact) mass is 327 g/mol. The Morgan fingerprint density at radius 2 is 1.83 bits per heavy atom. The molecular weight excluding hydrogens is 309 g/mol. The zero-order valence-corrected chi connectivity index (χ0v) is 13.4. The van der Waals surface area contributed by atoms with Crippen molar-refractivity contribution >= 4 is 23.7 Å². The lowest BCUT2D eigenvalue weighted by Crippen LogP contribution is -2.19. The van der Waals surface area contributed by atoms with E-state index in [9.17, 15) is 14.0 Å². The van der Waals surface area contributed by atoms with Gasteiger partial charge in [-0.2, -0.15) is 5.10 Å². The van der Waals surface area contributed by atoms with Gasteiger partial charge in [-0.25, -0.2) is 9.82 Å². The molecule has 6 heteroatoms. The van der Waals surface area contributed by atoms with Crippen molar-refractivity contribution in [2.24, 2.45) is 11.0 Å². The maximum absolute atomic E-state index is 13.0. The summed E-state index contributed by atoms with van der Waals surface area (Å²) in [5.74, 6) is -0.981. The van der Waals surface area contributed by atoms with Crippen molar-refractivity contribution in [3.05, 3.63) is 65.5 Å². The number of benzene rings is 2. The average molecular weight is 327 g/mol. The molecule has 0 aromatic heterocycles. The lowest BCUT2D eigenvalue weighted by molar-refractivity contribution is -0.118. The van der Waals surface area contributed by atoms with E-state index in [0.717, 1.165) is 0 Å². The van der Waals surface area contributed by atoms with Crippen molar-refractivity contribution in [3.63, 3.8) is 0 Å². The van der Waals surface area contributed by atoms with E-state index in [-0.39, 0.29) is 17.6 Å². The van der Waals surface area contributed by atoms with Crippen molar-refractivity contribution in [2.75, 3.05) is 5.32 Å². The van der Waals surface area contributed by atoms with E-state index in [4.69, 9.17) is 0 Å². The summed E-state index contributed by atoms with van der Waals surface area (Å²) in [5.41, 5.74) is 3.93. The minimum atomic E-state index is -0.399. The number of carbonyl (C=O) groups excluding carboxylic acids is 2. The molecular formula is C18H18FN3O2. The zero-order valence-electron chi connectivity index (χ0n) is 13.4. The standard InChI is InChI=1S/C18H18FN3O2/c1-12(2)17(23)21-16-8-6-14(7-9-16)18(24)22-20-11-13-4-3-5-15(19)10-13/h3-12H,1-2H3,(H,21,23)(H,22,24)/b20-11+. The fourth-order valence-corrected chi connectivity index (χ4v) is 1.81. The van der Waals surface area contributed by atoms with Gasteiger partial charge < -0.3 is 5.32 Å². The number of rotatable bonds is 5. The van der Waals surface area contributed by atoms with E-state index in [1.54, 1.807) is 50.2 Å². The molecule has 0 heterocycles. The first-order valence-corrected chi connectivity index (χ1v) is 7.45. The van der Waals surface area contributed by atoms with Crippen molar-refractivity contribution in [1.82, 2.24) is 5.43 Å². The molecule has 0 bridgehead atoms. The lowest BCUT2D eigenvalue weighted by Gasteiger charge is -2.08. The second-order valence-corrected chi connectivity index (χ2v) is 5.48. The Bertz CT molecular complexity index is 755. The number of hydrazone groups is 1. The van der Waals surface area contributed by atoms with Gasteiger partial charge in [-0.1, -0.05) is 26.0 Å². The second-order valence-electron chi connectivity index (χ2n) is 5.48. The number of halogens is 1. The number of hydrogen-bond donors (Lipinski definition) is 2. The third-order valence-electron chi connectivity index (χ3n) is 3.17. The number of carbonyl (C=O) groups is 2. The molecule has 0 aliphatic carbocycles.